The molecule has 1 aliphatic carbocycles. The van der Waals surface area contributed by atoms with Gasteiger partial charge in [-0.2, -0.15) is 0 Å². The first-order valence-electron chi connectivity index (χ1n) is 6.77. The largest absolute Gasteiger partial charge is 0.497 e. The minimum absolute atomic E-state index is 0.0462. The van der Waals surface area contributed by atoms with Gasteiger partial charge in [-0.1, -0.05) is 0 Å². The van der Waals surface area contributed by atoms with E-state index in [-0.39, 0.29) is 17.6 Å². The van der Waals surface area contributed by atoms with E-state index in [0.717, 1.165) is 23.5 Å². The number of carbonyl (C=O) groups is 2. The molecule has 5 nitrogen and oxygen atoms in total. The number of nitrogens with one attached hydrogen (secondary N) is 1. The molecule has 21 heavy (non-hydrogen) atoms. The third-order valence-electron chi connectivity index (χ3n) is 3.67. The van der Waals surface area contributed by atoms with E-state index in [0.29, 0.717) is 0 Å². The Hall–Kier alpha value is -1.69. The van der Waals surface area contributed by atoms with Crippen molar-refractivity contribution in [2.75, 3.05) is 12.9 Å². The summed E-state index contributed by atoms with van der Waals surface area (Å²) in [6.07, 6.45) is 1.71. The number of carbonyl (C=O) groups excluding carboxylic acids is 1. The molecule has 1 amide bonds. The molecule has 114 valence electrons. The molecular formula is C15H19NO4S. The molecule has 0 aromatic heterocycles. The summed E-state index contributed by atoms with van der Waals surface area (Å²) in [4.78, 5) is 24.3. The van der Waals surface area contributed by atoms with Gasteiger partial charge in [0.15, 0.2) is 0 Å². The highest BCUT2D eigenvalue weighted by Gasteiger charge is 2.48. The van der Waals surface area contributed by atoms with E-state index in [4.69, 9.17) is 4.74 Å². The fourth-order valence-electron chi connectivity index (χ4n) is 2.14. The van der Waals surface area contributed by atoms with Crippen molar-refractivity contribution in [2.45, 2.75) is 30.2 Å². The number of benzene rings is 1. The van der Waals surface area contributed by atoms with E-state index < -0.39 is 11.5 Å². The Kier molecular flexibility index (Phi) is 4.77. The van der Waals surface area contributed by atoms with Gasteiger partial charge in [-0.3, -0.25) is 4.79 Å². The zero-order valence-corrected chi connectivity index (χ0v) is 12.9. The van der Waals surface area contributed by atoms with Crippen molar-refractivity contribution < 1.29 is 19.4 Å². The third kappa shape index (κ3) is 3.91. The molecule has 1 aromatic rings. The molecule has 2 rings (SSSR count). The lowest BCUT2D eigenvalue weighted by molar-refractivity contribution is -0.147. The number of hydrogen-bond acceptors (Lipinski definition) is 4. The van der Waals surface area contributed by atoms with Crippen molar-refractivity contribution in [1.29, 1.82) is 0 Å². The Bertz CT molecular complexity index is 527. The van der Waals surface area contributed by atoms with Crippen LogP contribution in [0.25, 0.3) is 0 Å². The molecule has 6 heteroatoms. The van der Waals surface area contributed by atoms with Crippen LogP contribution in [-0.4, -0.2) is 35.4 Å². The van der Waals surface area contributed by atoms with Crippen LogP contribution in [0.15, 0.2) is 29.2 Å². The topological polar surface area (TPSA) is 75.6 Å². The number of aliphatic carboxylic acids is 1. The lowest BCUT2D eigenvalue weighted by atomic mass is 9.96. The first-order chi connectivity index (χ1) is 9.95. The number of thioether (sulfide) groups is 1. The number of carboxylic acid groups (broad SMARTS) is 1. The van der Waals surface area contributed by atoms with E-state index in [1.807, 2.05) is 24.3 Å². The maximum atomic E-state index is 12.0. The lowest BCUT2D eigenvalue weighted by Gasteiger charge is -2.26. The van der Waals surface area contributed by atoms with Gasteiger partial charge < -0.3 is 15.2 Å². The van der Waals surface area contributed by atoms with E-state index in [9.17, 15) is 14.7 Å². The lowest BCUT2D eigenvalue weighted by Crippen LogP contribution is -2.54. The second-order valence-electron chi connectivity index (χ2n) is 5.29. The third-order valence-corrected chi connectivity index (χ3v) is 4.68. The highest BCUT2D eigenvalue weighted by molar-refractivity contribution is 8.00. The van der Waals surface area contributed by atoms with Gasteiger partial charge in [-0.25, -0.2) is 4.79 Å². The van der Waals surface area contributed by atoms with Crippen molar-refractivity contribution in [2.24, 2.45) is 5.92 Å². The quantitative estimate of drug-likeness (QED) is 0.755. The molecule has 1 aliphatic rings. The molecule has 0 aliphatic heterocycles. The van der Waals surface area contributed by atoms with Crippen molar-refractivity contribution in [1.82, 2.24) is 5.32 Å². The fraction of sp³-hybridized carbons (Fsp3) is 0.467. The summed E-state index contributed by atoms with van der Waals surface area (Å²) in [6, 6.07) is 7.39. The predicted octanol–water partition coefficient (Wildman–Crippen LogP) is 2.16. The summed E-state index contributed by atoms with van der Waals surface area (Å²) in [7, 11) is 1.60. The van der Waals surface area contributed by atoms with Crippen LogP contribution in [0.3, 0.4) is 0 Å². The van der Waals surface area contributed by atoms with E-state index in [1.54, 1.807) is 14.0 Å². The van der Waals surface area contributed by atoms with Crippen LogP contribution in [0.2, 0.25) is 0 Å². The molecule has 0 spiro atoms. The van der Waals surface area contributed by atoms with Gasteiger partial charge in [-0.15, -0.1) is 11.8 Å². The van der Waals surface area contributed by atoms with Gasteiger partial charge in [-0.05, 0) is 49.9 Å². The average molecular weight is 309 g/mol. The van der Waals surface area contributed by atoms with Gasteiger partial charge in [0.1, 0.15) is 11.3 Å². The molecule has 2 N–H and O–H groups in total. The zero-order valence-electron chi connectivity index (χ0n) is 12.1. The number of carboxylic acids is 1. The SMILES string of the molecule is COc1ccc(SCC(=O)NC(C)(C(=O)O)C2CC2)cc1. The normalized spacial score (nSPS) is 16.9. The number of hydrogen-bond donors (Lipinski definition) is 2. The Balaban J connectivity index is 1.87. The molecule has 0 bridgehead atoms. The highest BCUT2D eigenvalue weighted by Crippen LogP contribution is 2.39. The van der Waals surface area contributed by atoms with Crippen molar-refractivity contribution in [3.63, 3.8) is 0 Å². The van der Waals surface area contributed by atoms with Crippen molar-refractivity contribution in [3.05, 3.63) is 24.3 Å². The van der Waals surface area contributed by atoms with Crippen LogP contribution in [-0.2, 0) is 9.59 Å². The standard InChI is InChI=1S/C15H19NO4S/c1-15(14(18)19,10-3-4-10)16-13(17)9-21-12-7-5-11(20-2)6-8-12/h5-8,10H,3-4,9H2,1-2H3,(H,16,17)(H,18,19). The van der Waals surface area contributed by atoms with Gasteiger partial charge in [0.2, 0.25) is 5.91 Å². The van der Waals surface area contributed by atoms with E-state index >= 15 is 0 Å². The first kappa shape index (κ1) is 15.7. The maximum absolute atomic E-state index is 12.0. The van der Waals surface area contributed by atoms with Crippen LogP contribution in [0.1, 0.15) is 19.8 Å². The summed E-state index contributed by atoms with van der Waals surface area (Å²) in [6.45, 7) is 1.59. The maximum Gasteiger partial charge on any atom is 0.329 e. The first-order valence-corrected chi connectivity index (χ1v) is 7.75. The average Bonchev–Trinajstić information content (AvgIpc) is 3.30. The number of rotatable bonds is 7. The summed E-state index contributed by atoms with van der Waals surface area (Å²) in [5, 5.41) is 12.0. The molecule has 0 radical (unpaired) electrons. The molecular weight excluding hydrogens is 290 g/mol. The number of methoxy groups -OCH3 is 1. The minimum Gasteiger partial charge on any atom is -0.497 e. The van der Waals surface area contributed by atoms with E-state index in [2.05, 4.69) is 5.32 Å². The van der Waals surface area contributed by atoms with Crippen molar-refractivity contribution >= 4 is 23.6 Å². The molecule has 0 heterocycles. The van der Waals surface area contributed by atoms with Crippen LogP contribution in [0, 0.1) is 5.92 Å². The number of amides is 1. The fourth-order valence-corrected chi connectivity index (χ4v) is 2.84. The molecule has 0 saturated heterocycles. The molecule has 1 saturated carbocycles. The Morgan fingerprint density at radius 1 is 1.38 bits per heavy atom. The van der Waals surface area contributed by atoms with Gasteiger partial charge in [0.25, 0.3) is 0 Å². The van der Waals surface area contributed by atoms with Gasteiger partial charge >= 0.3 is 5.97 Å². The number of ether oxygens (including phenoxy) is 1. The smallest absolute Gasteiger partial charge is 0.329 e. The monoisotopic (exact) mass is 309 g/mol. The Morgan fingerprint density at radius 2 is 2.00 bits per heavy atom. The van der Waals surface area contributed by atoms with Crippen LogP contribution in [0.5, 0.6) is 5.75 Å². The second-order valence-corrected chi connectivity index (χ2v) is 6.34. The Morgan fingerprint density at radius 3 is 2.48 bits per heavy atom. The zero-order chi connectivity index (χ0) is 15.5. The molecule has 1 aromatic carbocycles. The van der Waals surface area contributed by atoms with E-state index in [1.165, 1.54) is 11.8 Å². The van der Waals surface area contributed by atoms with Crippen LogP contribution >= 0.6 is 11.8 Å². The summed E-state index contributed by atoms with van der Waals surface area (Å²) in [5.41, 5.74) is -1.14. The van der Waals surface area contributed by atoms with Crippen molar-refractivity contribution in [3.8, 4) is 5.75 Å². The molecule has 1 atom stereocenters. The second kappa shape index (κ2) is 6.39. The van der Waals surface area contributed by atoms with Crippen LogP contribution < -0.4 is 10.1 Å². The Labute approximate surface area is 128 Å². The summed E-state index contributed by atoms with van der Waals surface area (Å²) in [5.74, 6) is -0.219. The molecule has 1 unspecified atom stereocenters. The van der Waals surface area contributed by atoms with Gasteiger partial charge in [0, 0.05) is 4.90 Å². The molecule has 1 fully saturated rings. The predicted molar refractivity (Wildman–Crippen MR) is 80.6 cm³/mol. The summed E-state index contributed by atoms with van der Waals surface area (Å²) < 4.78 is 5.07. The minimum atomic E-state index is -1.14. The highest BCUT2D eigenvalue weighted by atomic mass is 32.2. The summed E-state index contributed by atoms with van der Waals surface area (Å²) >= 11 is 1.37. The van der Waals surface area contributed by atoms with Gasteiger partial charge in [0.05, 0.1) is 12.9 Å². The van der Waals surface area contributed by atoms with Crippen LogP contribution in [0.4, 0.5) is 0 Å².